The van der Waals surface area contributed by atoms with Crippen LogP contribution in [0.15, 0.2) is 84.7 Å². The van der Waals surface area contributed by atoms with E-state index < -0.39 is 0 Å². The first-order valence-electron chi connectivity index (χ1n) is 8.11. The maximum Gasteiger partial charge on any atom is 0.111 e. The van der Waals surface area contributed by atoms with Crippen LogP contribution in [0, 0.1) is 11.3 Å². The van der Waals surface area contributed by atoms with Crippen LogP contribution in [0.25, 0.3) is 0 Å². The molecule has 2 atom stereocenters. The fourth-order valence-corrected chi connectivity index (χ4v) is 2.82. The molecule has 1 aliphatic rings. The third-order valence-electron chi connectivity index (χ3n) is 4.41. The molecule has 1 rings (SSSR count). The molecule has 0 radical (unpaired) electrons. The van der Waals surface area contributed by atoms with Crippen molar-refractivity contribution >= 4 is 0 Å². The zero-order chi connectivity index (χ0) is 18.3. The molecule has 0 heterocycles. The van der Waals surface area contributed by atoms with Gasteiger partial charge in [0.25, 0.3) is 0 Å². The summed E-state index contributed by atoms with van der Waals surface area (Å²) in [4.78, 5) is 0. The van der Waals surface area contributed by atoms with E-state index in [2.05, 4.69) is 52.3 Å². The number of methoxy groups -OCH3 is 2. The monoisotopic (exact) mass is 326 g/mol. The van der Waals surface area contributed by atoms with Gasteiger partial charge in [-0.3, -0.25) is 0 Å². The van der Waals surface area contributed by atoms with Crippen LogP contribution in [0.1, 0.15) is 20.3 Å². The average Bonchev–Trinajstić information content (AvgIpc) is 2.91. The summed E-state index contributed by atoms with van der Waals surface area (Å²) in [7, 11) is 3.28. The molecule has 1 unspecified atom stereocenters. The standard InChI is InChI=1S/C22H30O2/c1-16-11-12-22(6,14-16)20(5)21(15-23-7)13-18(3)17(2)9-10-19(4)24-8/h9-13,16H,2-5,14-15H2,1,6-8H3/b10-9-,21-13-/t16?,22-/m0/s1. The number of rotatable bonds is 9. The highest BCUT2D eigenvalue weighted by molar-refractivity contribution is 5.50. The lowest BCUT2D eigenvalue weighted by atomic mass is 9.77. The van der Waals surface area contributed by atoms with Gasteiger partial charge in [-0.2, -0.15) is 0 Å². The van der Waals surface area contributed by atoms with Crippen molar-refractivity contribution in [2.75, 3.05) is 20.8 Å². The molecule has 0 amide bonds. The van der Waals surface area contributed by atoms with E-state index in [9.17, 15) is 0 Å². The lowest BCUT2D eigenvalue weighted by Crippen LogP contribution is -2.18. The maximum absolute atomic E-state index is 5.38. The van der Waals surface area contributed by atoms with Crippen LogP contribution in [0.5, 0.6) is 0 Å². The molecular formula is C22H30O2. The minimum Gasteiger partial charge on any atom is -0.497 e. The quantitative estimate of drug-likeness (QED) is 0.314. The molecule has 0 saturated carbocycles. The molecule has 0 aromatic rings. The molecule has 0 aromatic carbocycles. The van der Waals surface area contributed by atoms with Crippen molar-refractivity contribution < 1.29 is 9.47 Å². The van der Waals surface area contributed by atoms with Gasteiger partial charge in [-0.15, -0.1) is 0 Å². The van der Waals surface area contributed by atoms with Crippen LogP contribution in [-0.2, 0) is 9.47 Å². The normalized spacial score (nSPS) is 23.5. The fourth-order valence-electron chi connectivity index (χ4n) is 2.82. The molecule has 0 N–H and O–H groups in total. The van der Waals surface area contributed by atoms with Crippen LogP contribution in [0.3, 0.4) is 0 Å². The first-order chi connectivity index (χ1) is 11.2. The molecule has 0 fully saturated rings. The second kappa shape index (κ2) is 8.70. The van der Waals surface area contributed by atoms with Gasteiger partial charge >= 0.3 is 0 Å². The lowest BCUT2D eigenvalue weighted by Gasteiger charge is -2.28. The van der Waals surface area contributed by atoms with Crippen molar-refractivity contribution in [2.45, 2.75) is 20.3 Å². The van der Waals surface area contributed by atoms with E-state index in [4.69, 9.17) is 9.47 Å². The summed E-state index contributed by atoms with van der Waals surface area (Å²) in [6.45, 7) is 21.2. The predicted molar refractivity (Wildman–Crippen MR) is 104 cm³/mol. The molecule has 1 aliphatic carbocycles. The Morgan fingerprint density at radius 1 is 1.17 bits per heavy atom. The van der Waals surface area contributed by atoms with Crippen LogP contribution in [-0.4, -0.2) is 20.8 Å². The van der Waals surface area contributed by atoms with Crippen LogP contribution in [0.2, 0.25) is 0 Å². The Kier molecular flexibility index (Phi) is 7.24. The Bertz CT molecular complexity index is 616. The Morgan fingerprint density at radius 3 is 2.33 bits per heavy atom. The third-order valence-corrected chi connectivity index (χ3v) is 4.41. The predicted octanol–water partition coefficient (Wildman–Crippen LogP) is 5.55. The summed E-state index contributed by atoms with van der Waals surface area (Å²) in [5, 5.41) is 0. The molecule has 24 heavy (non-hydrogen) atoms. The van der Waals surface area contributed by atoms with E-state index in [1.54, 1.807) is 20.3 Å². The van der Waals surface area contributed by atoms with Gasteiger partial charge in [0.1, 0.15) is 5.76 Å². The molecule has 0 aromatic heterocycles. The van der Waals surface area contributed by atoms with Gasteiger partial charge in [0, 0.05) is 12.5 Å². The maximum atomic E-state index is 5.38. The summed E-state index contributed by atoms with van der Waals surface area (Å²) >= 11 is 0. The molecular weight excluding hydrogens is 296 g/mol. The molecule has 0 aliphatic heterocycles. The number of ether oxygens (including phenoxy) is 2. The van der Waals surface area contributed by atoms with Crippen LogP contribution >= 0.6 is 0 Å². The molecule has 0 bridgehead atoms. The molecule has 130 valence electrons. The summed E-state index contributed by atoms with van der Waals surface area (Å²) in [6, 6.07) is 0. The van der Waals surface area contributed by atoms with Crippen molar-refractivity contribution in [3.8, 4) is 0 Å². The Balaban J connectivity index is 2.96. The van der Waals surface area contributed by atoms with E-state index >= 15 is 0 Å². The highest BCUT2D eigenvalue weighted by atomic mass is 16.5. The largest absolute Gasteiger partial charge is 0.497 e. The zero-order valence-electron chi connectivity index (χ0n) is 15.5. The Morgan fingerprint density at radius 2 is 1.83 bits per heavy atom. The summed E-state index contributed by atoms with van der Waals surface area (Å²) in [5.74, 6) is 1.14. The van der Waals surface area contributed by atoms with Crippen molar-refractivity contribution in [3.05, 3.63) is 84.7 Å². The van der Waals surface area contributed by atoms with E-state index in [0.29, 0.717) is 18.3 Å². The highest BCUT2D eigenvalue weighted by Gasteiger charge is 2.32. The van der Waals surface area contributed by atoms with Gasteiger partial charge in [0.2, 0.25) is 0 Å². The minimum atomic E-state index is -0.0361. The van der Waals surface area contributed by atoms with Crippen molar-refractivity contribution in [1.29, 1.82) is 0 Å². The molecule has 0 saturated heterocycles. The highest BCUT2D eigenvalue weighted by Crippen LogP contribution is 2.43. The summed E-state index contributed by atoms with van der Waals surface area (Å²) < 4.78 is 10.4. The first-order valence-corrected chi connectivity index (χ1v) is 8.11. The van der Waals surface area contributed by atoms with Gasteiger partial charge in [0.05, 0.1) is 13.7 Å². The van der Waals surface area contributed by atoms with Gasteiger partial charge in [-0.1, -0.05) is 58.4 Å². The summed E-state index contributed by atoms with van der Waals surface area (Å²) in [5.41, 5.74) is 3.70. The Hall–Kier alpha value is -2.06. The first kappa shape index (κ1) is 20.0. The average molecular weight is 326 g/mol. The second-order valence-electron chi connectivity index (χ2n) is 6.59. The topological polar surface area (TPSA) is 18.5 Å². The van der Waals surface area contributed by atoms with E-state index in [-0.39, 0.29) is 5.41 Å². The summed E-state index contributed by atoms with van der Waals surface area (Å²) in [6.07, 6.45) is 11.2. The number of hydrogen-bond acceptors (Lipinski definition) is 2. The lowest BCUT2D eigenvalue weighted by molar-refractivity contribution is 0.224. The molecule has 2 heteroatoms. The van der Waals surface area contributed by atoms with E-state index in [1.807, 2.05) is 12.2 Å². The fraction of sp³-hybridized carbons (Fsp3) is 0.364. The zero-order valence-corrected chi connectivity index (χ0v) is 15.5. The minimum absolute atomic E-state index is 0.0361. The number of hydrogen-bond donors (Lipinski definition) is 0. The molecule has 0 spiro atoms. The van der Waals surface area contributed by atoms with Gasteiger partial charge < -0.3 is 9.47 Å². The van der Waals surface area contributed by atoms with E-state index in [1.165, 1.54) is 0 Å². The van der Waals surface area contributed by atoms with Crippen LogP contribution in [0.4, 0.5) is 0 Å². The third kappa shape index (κ3) is 5.24. The van der Waals surface area contributed by atoms with E-state index in [0.717, 1.165) is 28.7 Å². The second-order valence-corrected chi connectivity index (χ2v) is 6.59. The van der Waals surface area contributed by atoms with Gasteiger partial charge in [0.15, 0.2) is 0 Å². The molecule has 2 nitrogen and oxygen atoms in total. The van der Waals surface area contributed by atoms with Crippen LogP contribution < -0.4 is 0 Å². The van der Waals surface area contributed by atoms with Gasteiger partial charge in [-0.25, -0.2) is 0 Å². The SMILES string of the molecule is C=C(/C=C\C(=C)C(=C)/C=C(/COC)C(=C)[C@@]1(C)C=CC(C)C1)OC. The van der Waals surface area contributed by atoms with Crippen molar-refractivity contribution in [3.63, 3.8) is 0 Å². The van der Waals surface area contributed by atoms with Crippen molar-refractivity contribution in [2.24, 2.45) is 11.3 Å². The smallest absolute Gasteiger partial charge is 0.111 e. The van der Waals surface area contributed by atoms with Crippen molar-refractivity contribution in [1.82, 2.24) is 0 Å². The number of allylic oxidation sites excluding steroid dienone is 7. The van der Waals surface area contributed by atoms with Gasteiger partial charge in [-0.05, 0) is 46.8 Å². The Labute approximate surface area is 147 Å².